The number of hydrogen-bond donors (Lipinski definition) is 2. The number of fused-ring (bicyclic) bond motifs is 2. The van der Waals surface area contributed by atoms with E-state index in [1.807, 2.05) is 66.7 Å². The molecule has 0 aliphatic heterocycles. The lowest BCUT2D eigenvalue weighted by atomic mass is 9.97. The minimum Gasteiger partial charge on any atom is -0.316 e. The van der Waals surface area contributed by atoms with Crippen LogP contribution in [0.2, 0.25) is 0 Å². The molecule has 0 saturated carbocycles. The first kappa shape index (κ1) is 18.1. The fourth-order valence-corrected chi connectivity index (χ4v) is 3.78. The van der Waals surface area contributed by atoms with Crippen LogP contribution in [0.25, 0.3) is 33.1 Å². The summed E-state index contributed by atoms with van der Waals surface area (Å²) in [5, 5.41) is 2.19. The van der Waals surface area contributed by atoms with E-state index in [1.165, 1.54) is 0 Å². The number of hydrogen-bond acceptors (Lipinski definition) is 4. The fourth-order valence-electron chi connectivity index (χ4n) is 3.59. The molecule has 3 aromatic carbocycles. The molecule has 2 N–H and O–H groups in total. The number of rotatable bonds is 3. The molecule has 0 unspecified atom stereocenters. The molecule has 30 heavy (non-hydrogen) atoms. The van der Waals surface area contributed by atoms with Gasteiger partial charge in [0.1, 0.15) is 5.65 Å². The van der Waals surface area contributed by atoms with Crippen molar-refractivity contribution in [2.24, 2.45) is 0 Å². The van der Waals surface area contributed by atoms with Crippen LogP contribution >= 0.6 is 12.2 Å². The standard InChI is InChI=1S/C24H15N3O2S/c28-21(17-11-10-14-6-4-5-9-16(14)12-17)18-13-19(15-7-2-1-3-8-15)25-22-20(18)23(29)27-24(30)26-22/h1-13H,(H2,25,26,27,29,30). The first-order valence-corrected chi connectivity index (χ1v) is 9.77. The van der Waals surface area contributed by atoms with Crippen molar-refractivity contribution < 1.29 is 4.79 Å². The summed E-state index contributed by atoms with van der Waals surface area (Å²) >= 11 is 5.11. The molecular formula is C24H15N3O2S. The Morgan fingerprint density at radius 2 is 1.57 bits per heavy atom. The Morgan fingerprint density at radius 1 is 0.833 bits per heavy atom. The lowest BCUT2D eigenvalue weighted by Gasteiger charge is -2.09. The zero-order chi connectivity index (χ0) is 20.7. The van der Waals surface area contributed by atoms with Gasteiger partial charge in [-0.1, -0.05) is 66.7 Å². The second-order valence-corrected chi connectivity index (χ2v) is 7.35. The lowest BCUT2D eigenvalue weighted by molar-refractivity contribution is 0.104. The first-order chi connectivity index (χ1) is 14.6. The molecule has 0 aliphatic rings. The number of aromatic nitrogens is 3. The van der Waals surface area contributed by atoms with Gasteiger partial charge < -0.3 is 4.98 Å². The number of nitrogens with zero attached hydrogens (tertiary/aromatic N) is 1. The van der Waals surface area contributed by atoms with E-state index in [-0.39, 0.29) is 27.2 Å². The van der Waals surface area contributed by atoms with E-state index in [4.69, 9.17) is 12.2 Å². The zero-order valence-corrected chi connectivity index (χ0v) is 16.5. The number of ketones is 1. The van der Waals surface area contributed by atoms with Crippen LogP contribution in [0.4, 0.5) is 0 Å². The van der Waals surface area contributed by atoms with Gasteiger partial charge in [0.05, 0.1) is 11.1 Å². The topological polar surface area (TPSA) is 78.6 Å². The highest BCUT2D eigenvalue weighted by atomic mass is 32.1. The Balaban J connectivity index is 1.78. The van der Waals surface area contributed by atoms with E-state index in [0.717, 1.165) is 16.3 Å². The van der Waals surface area contributed by atoms with E-state index in [9.17, 15) is 9.59 Å². The number of pyridine rings is 1. The van der Waals surface area contributed by atoms with Crippen molar-refractivity contribution in [3.63, 3.8) is 0 Å². The van der Waals surface area contributed by atoms with E-state index in [2.05, 4.69) is 15.0 Å². The molecule has 144 valence electrons. The largest absolute Gasteiger partial charge is 0.316 e. The second-order valence-electron chi connectivity index (χ2n) is 6.94. The third kappa shape index (κ3) is 3.13. The maximum absolute atomic E-state index is 13.5. The quantitative estimate of drug-likeness (QED) is 0.324. The molecule has 5 rings (SSSR count). The van der Waals surface area contributed by atoms with Gasteiger partial charge in [-0.25, -0.2) is 4.98 Å². The minimum atomic E-state index is -0.440. The Kier molecular flexibility index (Phi) is 4.34. The van der Waals surface area contributed by atoms with Crippen LogP contribution in [-0.4, -0.2) is 20.7 Å². The van der Waals surface area contributed by atoms with Crippen LogP contribution in [0, 0.1) is 4.77 Å². The maximum Gasteiger partial charge on any atom is 0.261 e. The Morgan fingerprint density at radius 3 is 2.37 bits per heavy atom. The van der Waals surface area contributed by atoms with Crippen molar-refractivity contribution in [2.75, 3.05) is 0 Å². The molecule has 0 spiro atoms. The smallest absolute Gasteiger partial charge is 0.261 e. The molecule has 2 aromatic heterocycles. The highest BCUT2D eigenvalue weighted by Gasteiger charge is 2.19. The number of H-pyrrole nitrogens is 2. The van der Waals surface area contributed by atoms with E-state index >= 15 is 0 Å². The van der Waals surface area contributed by atoms with Crippen molar-refractivity contribution in [3.8, 4) is 11.3 Å². The molecule has 0 radical (unpaired) electrons. The molecule has 0 fully saturated rings. The first-order valence-electron chi connectivity index (χ1n) is 9.36. The summed E-state index contributed by atoms with van der Waals surface area (Å²) in [6.07, 6.45) is 0. The van der Waals surface area contributed by atoms with Crippen molar-refractivity contribution >= 4 is 39.8 Å². The van der Waals surface area contributed by atoms with Gasteiger partial charge >= 0.3 is 0 Å². The summed E-state index contributed by atoms with van der Waals surface area (Å²) in [6, 6.07) is 24.5. The number of aromatic amines is 2. The summed E-state index contributed by atoms with van der Waals surface area (Å²) in [7, 11) is 0. The van der Waals surface area contributed by atoms with Gasteiger partial charge in [-0.05, 0) is 35.1 Å². The SMILES string of the molecule is O=C(c1ccc2ccccc2c1)c1cc(-c2ccccc2)nc2[nH]c(=S)[nH]c(=O)c12. The van der Waals surface area contributed by atoms with Gasteiger partial charge in [0.25, 0.3) is 5.56 Å². The van der Waals surface area contributed by atoms with Crippen LogP contribution < -0.4 is 5.56 Å². The van der Waals surface area contributed by atoms with Gasteiger partial charge in [-0.2, -0.15) is 0 Å². The van der Waals surface area contributed by atoms with Crippen molar-refractivity contribution in [3.05, 3.63) is 105 Å². The van der Waals surface area contributed by atoms with Crippen LogP contribution in [-0.2, 0) is 0 Å². The molecule has 2 heterocycles. The average Bonchev–Trinajstić information content (AvgIpc) is 2.77. The zero-order valence-electron chi connectivity index (χ0n) is 15.7. The molecule has 6 heteroatoms. The average molecular weight is 409 g/mol. The molecular weight excluding hydrogens is 394 g/mol. The minimum absolute atomic E-state index is 0.161. The summed E-state index contributed by atoms with van der Waals surface area (Å²) in [4.78, 5) is 36.2. The predicted molar refractivity (Wildman–Crippen MR) is 120 cm³/mol. The molecule has 5 aromatic rings. The maximum atomic E-state index is 13.5. The van der Waals surface area contributed by atoms with Gasteiger partial charge in [0.15, 0.2) is 10.6 Å². The van der Waals surface area contributed by atoms with Gasteiger partial charge in [0, 0.05) is 16.7 Å². The summed E-state index contributed by atoms with van der Waals surface area (Å²) in [5.74, 6) is -0.249. The molecule has 0 aliphatic carbocycles. The van der Waals surface area contributed by atoms with Gasteiger partial charge in [-0.3, -0.25) is 14.6 Å². The van der Waals surface area contributed by atoms with Crippen molar-refractivity contribution in [1.82, 2.24) is 15.0 Å². The summed E-state index contributed by atoms with van der Waals surface area (Å²) in [6.45, 7) is 0. The Labute approximate surface area is 176 Å². The highest BCUT2D eigenvalue weighted by molar-refractivity contribution is 7.71. The van der Waals surface area contributed by atoms with Crippen LogP contribution in [0.5, 0.6) is 0 Å². The van der Waals surface area contributed by atoms with Gasteiger partial charge in [0.2, 0.25) is 0 Å². The van der Waals surface area contributed by atoms with Gasteiger partial charge in [-0.15, -0.1) is 0 Å². The monoisotopic (exact) mass is 409 g/mol. The van der Waals surface area contributed by atoms with Crippen LogP contribution in [0.3, 0.4) is 0 Å². The van der Waals surface area contributed by atoms with E-state index < -0.39 is 5.56 Å². The summed E-state index contributed by atoms with van der Waals surface area (Å²) in [5.41, 5.74) is 2.05. The molecule has 0 atom stereocenters. The molecule has 0 bridgehead atoms. The van der Waals surface area contributed by atoms with Crippen LogP contribution in [0.1, 0.15) is 15.9 Å². The number of nitrogens with one attached hydrogen (secondary N) is 2. The van der Waals surface area contributed by atoms with Crippen molar-refractivity contribution in [2.45, 2.75) is 0 Å². The number of carbonyl (C=O) groups excluding carboxylic acids is 1. The summed E-state index contributed by atoms with van der Waals surface area (Å²) < 4.78 is 0.161. The predicted octanol–water partition coefficient (Wildman–Crippen LogP) is 5.03. The number of carbonyl (C=O) groups is 1. The normalized spacial score (nSPS) is 11.1. The second kappa shape index (κ2) is 7.17. The Hall–Kier alpha value is -3.90. The van der Waals surface area contributed by atoms with Crippen molar-refractivity contribution in [1.29, 1.82) is 0 Å². The molecule has 0 amide bonds. The van der Waals surface area contributed by atoms with E-state index in [0.29, 0.717) is 11.3 Å². The lowest BCUT2D eigenvalue weighted by Crippen LogP contribution is -2.15. The fraction of sp³-hybridized carbons (Fsp3) is 0. The third-order valence-electron chi connectivity index (χ3n) is 5.03. The molecule has 5 nitrogen and oxygen atoms in total. The highest BCUT2D eigenvalue weighted by Crippen LogP contribution is 2.25. The Bertz CT molecular complexity index is 1550. The van der Waals surface area contributed by atoms with E-state index in [1.54, 1.807) is 12.1 Å². The molecule has 0 saturated heterocycles. The van der Waals surface area contributed by atoms with Crippen LogP contribution in [0.15, 0.2) is 83.7 Å². The number of benzene rings is 3. The third-order valence-corrected chi connectivity index (χ3v) is 5.24.